The highest BCUT2D eigenvalue weighted by Gasteiger charge is 2.13. The Morgan fingerprint density at radius 2 is 1.41 bits per heavy atom. The van der Waals surface area contributed by atoms with Crippen LogP contribution in [0, 0.1) is 5.82 Å². The number of hydrogen-bond acceptors (Lipinski definition) is 3. The maximum atomic E-state index is 12.9. The molecule has 0 atom stereocenters. The number of rotatable bonds is 3. The number of nitrogens with one attached hydrogen (secondary N) is 1. The number of anilines is 2. The van der Waals surface area contributed by atoms with Gasteiger partial charge in [-0.2, -0.15) is 0 Å². The van der Waals surface area contributed by atoms with Gasteiger partial charge in [-0.05, 0) is 29.8 Å². The Bertz CT molecular complexity index is 769. The van der Waals surface area contributed by atoms with Crippen molar-refractivity contribution in [3.63, 3.8) is 0 Å². The van der Waals surface area contributed by atoms with Crippen LogP contribution in [0.4, 0.5) is 16.0 Å². The molecule has 6 heteroatoms. The van der Waals surface area contributed by atoms with Crippen LogP contribution < -0.4 is 5.32 Å². The molecule has 0 unspecified atom stereocenters. The molecule has 0 amide bonds. The molecule has 2 aromatic carbocycles. The lowest BCUT2D eigenvalue weighted by Crippen LogP contribution is -1.99. The fourth-order valence-corrected chi connectivity index (χ4v) is 2.57. The highest BCUT2D eigenvalue weighted by atomic mass is 35.5. The standard InChI is InChI=1S/C16H10Cl2FN3/c17-14-13(10-4-2-1-3-5-10)15(18)22-16(21-14)20-12-8-6-11(19)7-9-12/h1-9H,(H,20,21,22). The first kappa shape index (κ1) is 14.8. The minimum Gasteiger partial charge on any atom is -0.324 e. The lowest BCUT2D eigenvalue weighted by molar-refractivity contribution is 0.628. The summed E-state index contributed by atoms with van der Waals surface area (Å²) in [6.45, 7) is 0. The molecule has 0 saturated heterocycles. The van der Waals surface area contributed by atoms with E-state index in [9.17, 15) is 4.39 Å². The van der Waals surface area contributed by atoms with Gasteiger partial charge in [0.2, 0.25) is 5.95 Å². The minimum atomic E-state index is -0.318. The molecule has 1 aromatic heterocycles. The summed E-state index contributed by atoms with van der Waals surface area (Å²) in [5.41, 5.74) is 2.06. The van der Waals surface area contributed by atoms with E-state index in [1.165, 1.54) is 12.1 Å². The molecular formula is C16H10Cl2FN3. The van der Waals surface area contributed by atoms with Gasteiger partial charge in [-0.3, -0.25) is 0 Å². The van der Waals surface area contributed by atoms with Gasteiger partial charge in [0.25, 0.3) is 0 Å². The Balaban J connectivity index is 1.94. The average molecular weight is 334 g/mol. The van der Waals surface area contributed by atoms with Gasteiger partial charge >= 0.3 is 0 Å². The third-order valence-corrected chi connectivity index (χ3v) is 3.53. The van der Waals surface area contributed by atoms with Gasteiger partial charge in [0.1, 0.15) is 16.1 Å². The largest absolute Gasteiger partial charge is 0.324 e. The molecule has 0 fully saturated rings. The molecule has 0 aliphatic carbocycles. The van der Waals surface area contributed by atoms with E-state index < -0.39 is 0 Å². The Labute approximate surface area is 136 Å². The number of benzene rings is 2. The normalized spacial score (nSPS) is 10.5. The Morgan fingerprint density at radius 1 is 0.818 bits per heavy atom. The molecule has 0 saturated carbocycles. The summed E-state index contributed by atoms with van der Waals surface area (Å²) >= 11 is 12.5. The van der Waals surface area contributed by atoms with Gasteiger partial charge in [-0.25, -0.2) is 14.4 Å². The summed E-state index contributed by atoms with van der Waals surface area (Å²) in [7, 11) is 0. The Kier molecular flexibility index (Phi) is 4.22. The monoisotopic (exact) mass is 333 g/mol. The molecule has 0 aliphatic rings. The first-order valence-electron chi connectivity index (χ1n) is 6.44. The van der Waals surface area contributed by atoms with Crippen molar-refractivity contribution in [2.24, 2.45) is 0 Å². The van der Waals surface area contributed by atoms with Gasteiger partial charge in [0, 0.05) is 5.69 Å². The van der Waals surface area contributed by atoms with Crippen LogP contribution in [0.2, 0.25) is 10.3 Å². The Hall–Kier alpha value is -2.17. The number of halogens is 3. The van der Waals surface area contributed by atoms with E-state index in [0.717, 1.165) is 5.56 Å². The van der Waals surface area contributed by atoms with Crippen LogP contribution in [0.1, 0.15) is 0 Å². The molecule has 0 bridgehead atoms. The van der Waals surface area contributed by atoms with E-state index in [-0.39, 0.29) is 22.1 Å². The molecular weight excluding hydrogens is 324 g/mol. The van der Waals surface area contributed by atoms with Crippen LogP contribution in [0.3, 0.4) is 0 Å². The third kappa shape index (κ3) is 3.18. The molecule has 3 nitrogen and oxygen atoms in total. The van der Waals surface area contributed by atoms with Crippen molar-refractivity contribution in [1.82, 2.24) is 9.97 Å². The number of hydrogen-bond donors (Lipinski definition) is 1. The highest BCUT2D eigenvalue weighted by molar-refractivity contribution is 6.37. The minimum absolute atomic E-state index is 0.246. The van der Waals surface area contributed by atoms with Crippen molar-refractivity contribution in [3.8, 4) is 11.1 Å². The quantitative estimate of drug-likeness (QED) is 0.658. The molecule has 0 spiro atoms. The average Bonchev–Trinajstić information content (AvgIpc) is 2.50. The van der Waals surface area contributed by atoms with Crippen LogP contribution in [-0.4, -0.2) is 9.97 Å². The zero-order valence-electron chi connectivity index (χ0n) is 11.2. The molecule has 0 radical (unpaired) electrons. The highest BCUT2D eigenvalue weighted by Crippen LogP contribution is 2.33. The van der Waals surface area contributed by atoms with Gasteiger partial charge < -0.3 is 5.32 Å². The van der Waals surface area contributed by atoms with Gasteiger partial charge in [0.15, 0.2) is 0 Å². The van der Waals surface area contributed by atoms with Crippen LogP contribution >= 0.6 is 23.2 Å². The second-order valence-corrected chi connectivity index (χ2v) is 5.22. The molecule has 3 aromatic rings. The van der Waals surface area contributed by atoms with E-state index in [2.05, 4.69) is 15.3 Å². The second kappa shape index (κ2) is 6.30. The Morgan fingerprint density at radius 3 is 2.00 bits per heavy atom. The molecule has 1 N–H and O–H groups in total. The maximum Gasteiger partial charge on any atom is 0.230 e. The fourth-order valence-electron chi connectivity index (χ4n) is 1.97. The smallest absolute Gasteiger partial charge is 0.230 e. The summed E-state index contributed by atoms with van der Waals surface area (Å²) in [6.07, 6.45) is 0. The molecule has 3 rings (SSSR count). The zero-order chi connectivity index (χ0) is 15.5. The molecule has 0 aliphatic heterocycles. The first-order chi connectivity index (χ1) is 10.6. The van der Waals surface area contributed by atoms with Gasteiger partial charge in [0.05, 0.1) is 5.56 Å². The number of nitrogens with zero attached hydrogens (tertiary/aromatic N) is 2. The van der Waals surface area contributed by atoms with Crippen molar-refractivity contribution < 1.29 is 4.39 Å². The summed E-state index contributed by atoms with van der Waals surface area (Å²) in [5, 5.41) is 3.43. The maximum absolute atomic E-state index is 12.9. The van der Waals surface area contributed by atoms with Crippen LogP contribution in [0.25, 0.3) is 11.1 Å². The third-order valence-electron chi connectivity index (χ3n) is 2.98. The van der Waals surface area contributed by atoms with Crippen molar-refractivity contribution in [2.75, 3.05) is 5.32 Å². The predicted molar refractivity (Wildman–Crippen MR) is 87.2 cm³/mol. The van der Waals surface area contributed by atoms with Crippen molar-refractivity contribution in [1.29, 1.82) is 0 Å². The fraction of sp³-hybridized carbons (Fsp3) is 0. The lowest BCUT2D eigenvalue weighted by atomic mass is 10.1. The van der Waals surface area contributed by atoms with Gasteiger partial charge in [-0.1, -0.05) is 53.5 Å². The molecule has 110 valence electrons. The van der Waals surface area contributed by atoms with Crippen molar-refractivity contribution in [3.05, 3.63) is 70.7 Å². The van der Waals surface area contributed by atoms with E-state index in [4.69, 9.17) is 23.2 Å². The topological polar surface area (TPSA) is 37.8 Å². The predicted octanol–water partition coefficient (Wildman–Crippen LogP) is 5.33. The second-order valence-electron chi connectivity index (χ2n) is 4.50. The van der Waals surface area contributed by atoms with Crippen LogP contribution in [-0.2, 0) is 0 Å². The van der Waals surface area contributed by atoms with E-state index in [1.807, 2.05) is 30.3 Å². The summed E-state index contributed by atoms with van der Waals surface area (Å²) in [6, 6.07) is 15.2. The van der Waals surface area contributed by atoms with Gasteiger partial charge in [-0.15, -0.1) is 0 Å². The summed E-state index contributed by atoms with van der Waals surface area (Å²) in [5.74, 6) is -0.0664. The number of aromatic nitrogens is 2. The van der Waals surface area contributed by atoms with Crippen LogP contribution in [0.15, 0.2) is 54.6 Å². The molecule has 22 heavy (non-hydrogen) atoms. The van der Waals surface area contributed by atoms with E-state index in [1.54, 1.807) is 12.1 Å². The van der Waals surface area contributed by atoms with Crippen LogP contribution in [0.5, 0.6) is 0 Å². The summed E-state index contributed by atoms with van der Waals surface area (Å²) in [4.78, 5) is 8.39. The summed E-state index contributed by atoms with van der Waals surface area (Å²) < 4.78 is 12.9. The SMILES string of the molecule is Fc1ccc(Nc2nc(Cl)c(-c3ccccc3)c(Cl)n2)cc1. The van der Waals surface area contributed by atoms with E-state index in [0.29, 0.717) is 11.3 Å². The van der Waals surface area contributed by atoms with Crippen molar-refractivity contribution >= 4 is 34.8 Å². The van der Waals surface area contributed by atoms with Crippen molar-refractivity contribution in [2.45, 2.75) is 0 Å². The van der Waals surface area contributed by atoms with E-state index >= 15 is 0 Å². The zero-order valence-corrected chi connectivity index (χ0v) is 12.7. The molecule has 1 heterocycles. The first-order valence-corrected chi connectivity index (χ1v) is 7.20. The lowest BCUT2D eigenvalue weighted by Gasteiger charge is -2.10.